The number of benzene rings is 1. The van der Waals surface area contributed by atoms with E-state index in [0.717, 1.165) is 0 Å². The van der Waals surface area contributed by atoms with Crippen molar-refractivity contribution in [3.63, 3.8) is 0 Å². The Kier molecular flexibility index (Phi) is 3.77. The van der Waals surface area contributed by atoms with Gasteiger partial charge in [-0.05, 0) is 12.1 Å². The Labute approximate surface area is 107 Å². The summed E-state index contributed by atoms with van der Waals surface area (Å²) in [5, 5.41) is 2.37. The molecule has 1 fully saturated rings. The predicted molar refractivity (Wildman–Crippen MR) is 60.4 cm³/mol. The zero-order valence-corrected chi connectivity index (χ0v) is 9.87. The highest BCUT2D eigenvalue weighted by Gasteiger charge is 2.61. The monoisotopic (exact) mass is 275 g/mol. The van der Waals surface area contributed by atoms with E-state index in [1.165, 1.54) is 0 Å². The summed E-state index contributed by atoms with van der Waals surface area (Å²) in [5.41, 5.74) is 0.419. The fraction of sp³-hybridized carbons (Fsp3) is 0.417. The fourth-order valence-corrected chi connectivity index (χ4v) is 1.76. The molecule has 104 valence electrons. The first-order valence-corrected chi connectivity index (χ1v) is 5.62. The van der Waals surface area contributed by atoms with Crippen LogP contribution in [-0.4, -0.2) is 31.1 Å². The van der Waals surface area contributed by atoms with Gasteiger partial charge in [-0.3, -0.25) is 4.79 Å². The third kappa shape index (κ3) is 3.05. The second-order valence-corrected chi connectivity index (χ2v) is 4.04. The summed E-state index contributed by atoms with van der Waals surface area (Å²) >= 11 is 0. The second-order valence-electron chi connectivity index (χ2n) is 4.04. The zero-order valence-electron chi connectivity index (χ0n) is 9.87. The maximum absolute atomic E-state index is 12.9. The first kappa shape index (κ1) is 13.8. The summed E-state index contributed by atoms with van der Waals surface area (Å²) in [6.45, 7) is -0.365. The Balaban J connectivity index is 2.04. The van der Waals surface area contributed by atoms with Crippen molar-refractivity contribution in [3.8, 4) is 0 Å². The smallest absolute Gasteiger partial charge is 0.340 e. The lowest BCUT2D eigenvalue weighted by molar-refractivity contribution is -0.342. The Hall–Kier alpha value is -1.60. The summed E-state index contributed by atoms with van der Waals surface area (Å²) in [4.78, 5) is 11.6. The molecule has 0 saturated carbocycles. The van der Waals surface area contributed by atoms with E-state index in [9.17, 15) is 18.0 Å². The van der Waals surface area contributed by atoms with Crippen LogP contribution in [0.3, 0.4) is 0 Å². The highest BCUT2D eigenvalue weighted by molar-refractivity contribution is 5.91. The molecule has 19 heavy (non-hydrogen) atoms. The summed E-state index contributed by atoms with van der Waals surface area (Å²) in [6.07, 6.45) is -5.68. The summed E-state index contributed by atoms with van der Waals surface area (Å²) in [5.74, 6) is -3.64. The van der Waals surface area contributed by atoms with Crippen LogP contribution in [0, 0.1) is 0 Å². The van der Waals surface area contributed by atoms with Gasteiger partial charge in [0.05, 0.1) is 19.6 Å². The van der Waals surface area contributed by atoms with Crippen molar-refractivity contribution in [1.29, 1.82) is 0 Å². The molecule has 1 aromatic rings. The lowest BCUT2D eigenvalue weighted by atomic mass is 10.1. The van der Waals surface area contributed by atoms with Gasteiger partial charge >= 0.3 is 6.18 Å². The maximum Gasteiger partial charge on any atom is 0.443 e. The molecule has 1 heterocycles. The van der Waals surface area contributed by atoms with Gasteiger partial charge in [0.25, 0.3) is 5.79 Å². The van der Waals surface area contributed by atoms with Crippen molar-refractivity contribution in [2.24, 2.45) is 0 Å². The SMILES string of the molecule is O=C(CC1(C(F)(F)F)OCCO1)Nc1ccccc1. The molecule has 0 unspecified atom stereocenters. The van der Waals surface area contributed by atoms with E-state index >= 15 is 0 Å². The van der Waals surface area contributed by atoms with Crippen molar-refractivity contribution < 1.29 is 27.4 Å². The average molecular weight is 275 g/mol. The molecule has 1 N–H and O–H groups in total. The van der Waals surface area contributed by atoms with Crippen molar-refractivity contribution in [2.75, 3.05) is 18.5 Å². The molecule has 1 aliphatic heterocycles. The van der Waals surface area contributed by atoms with Crippen LogP contribution >= 0.6 is 0 Å². The number of alkyl halides is 3. The molecule has 0 aromatic heterocycles. The minimum atomic E-state index is -4.75. The van der Waals surface area contributed by atoms with Crippen LogP contribution in [0.2, 0.25) is 0 Å². The molecule has 1 aromatic carbocycles. The minimum Gasteiger partial charge on any atom is -0.340 e. The minimum absolute atomic E-state index is 0.182. The number of carbonyl (C=O) groups excluding carboxylic acids is 1. The normalized spacial score (nSPS) is 18.3. The molecule has 0 atom stereocenters. The molecule has 7 heteroatoms. The van der Waals surface area contributed by atoms with Crippen LogP contribution in [0.5, 0.6) is 0 Å². The average Bonchev–Trinajstić information content (AvgIpc) is 2.79. The first-order chi connectivity index (χ1) is 8.93. The van der Waals surface area contributed by atoms with E-state index in [0.29, 0.717) is 5.69 Å². The largest absolute Gasteiger partial charge is 0.443 e. The molecule has 1 saturated heterocycles. The molecule has 0 radical (unpaired) electrons. The summed E-state index contributed by atoms with van der Waals surface area (Å²) in [7, 11) is 0. The number of rotatable bonds is 3. The van der Waals surface area contributed by atoms with Crippen LogP contribution in [0.4, 0.5) is 18.9 Å². The number of halogens is 3. The highest BCUT2D eigenvalue weighted by atomic mass is 19.4. The van der Waals surface area contributed by atoms with Crippen LogP contribution in [-0.2, 0) is 14.3 Å². The molecule has 0 spiro atoms. The van der Waals surface area contributed by atoms with Crippen LogP contribution in [0.15, 0.2) is 30.3 Å². The third-order valence-corrected chi connectivity index (χ3v) is 2.64. The highest BCUT2D eigenvalue weighted by Crippen LogP contribution is 2.40. The van der Waals surface area contributed by atoms with E-state index in [2.05, 4.69) is 14.8 Å². The van der Waals surface area contributed by atoms with Gasteiger partial charge in [-0.15, -0.1) is 0 Å². The number of nitrogens with one attached hydrogen (secondary N) is 1. The van der Waals surface area contributed by atoms with Gasteiger partial charge in [-0.25, -0.2) is 0 Å². The van der Waals surface area contributed by atoms with E-state index in [1.807, 2.05) is 0 Å². The van der Waals surface area contributed by atoms with Crippen molar-refractivity contribution >= 4 is 11.6 Å². The Morgan fingerprint density at radius 1 is 1.21 bits per heavy atom. The molecule has 1 aliphatic rings. The van der Waals surface area contributed by atoms with Gasteiger partial charge < -0.3 is 14.8 Å². The van der Waals surface area contributed by atoms with E-state index < -0.39 is 24.3 Å². The number of hydrogen-bond donors (Lipinski definition) is 1. The predicted octanol–water partition coefficient (Wildman–Crippen LogP) is 2.32. The molecule has 0 bridgehead atoms. The van der Waals surface area contributed by atoms with E-state index in [4.69, 9.17) is 0 Å². The molecule has 1 amide bonds. The van der Waals surface area contributed by atoms with Crippen LogP contribution < -0.4 is 5.32 Å². The van der Waals surface area contributed by atoms with Crippen molar-refractivity contribution in [1.82, 2.24) is 0 Å². The van der Waals surface area contributed by atoms with Crippen LogP contribution in [0.25, 0.3) is 0 Å². The van der Waals surface area contributed by atoms with Crippen LogP contribution in [0.1, 0.15) is 6.42 Å². The van der Waals surface area contributed by atoms with Gasteiger partial charge in [0.15, 0.2) is 0 Å². The van der Waals surface area contributed by atoms with Crippen molar-refractivity contribution in [2.45, 2.75) is 18.4 Å². The molecule has 4 nitrogen and oxygen atoms in total. The van der Waals surface area contributed by atoms with Gasteiger partial charge in [-0.2, -0.15) is 13.2 Å². The Morgan fingerprint density at radius 3 is 2.32 bits per heavy atom. The number of carbonyl (C=O) groups is 1. The van der Waals surface area contributed by atoms with Gasteiger partial charge in [-0.1, -0.05) is 18.2 Å². The van der Waals surface area contributed by atoms with Gasteiger partial charge in [0.1, 0.15) is 0 Å². The number of amides is 1. The number of ether oxygens (including phenoxy) is 2. The number of hydrogen-bond acceptors (Lipinski definition) is 3. The molecular formula is C12H12F3NO3. The van der Waals surface area contributed by atoms with Crippen molar-refractivity contribution in [3.05, 3.63) is 30.3 Å². The first-order valence-electron chi connectivity index (χ1n) is 5.62. The zero-order chi connectivity index (χ0) is 13.9. The third-order valence-electron chi connectivity index (χ3n) is 2.64. The maximum atomic E-state index is 12.9. The summed E-state index contributed by atoms with van der Waals surface area (Å²) in [6, 6.07) is 8.22. The standard InChI is InChI=1S/C12H12F3NO3/c13-12(14,15)11(18-6-7-19-11)8-10(17)16-9-4-2-1-3-5-9/h1-5H,6-8H2,(H,16,17). The van der Waals surface area contributed by atoms with E-state index in [1.54, 1.807) is 30.3 Å². The van der Waals surface area contributed by atoms with Gasteiger partial charge in [0.2, 0.25) is 5.91 Å². The van der Waals surface area contributed by atoms with E-state index in [-0.39, 0.29) is 13.2 Å². The fourth-order valence-electron chi connectivity index (χ4n) is 1.76. The van der Waals surface area contributed by atoms with Gasteiger partial charge in [0, 0.05) is 5.69 Å². The molecule has 0 aliphatic carbocycles. The lowest BCUT2D eigenvalue weighted by Crippen LogP contribution is -2.48. The Morgan fingerprint density at radius 2 is 1.79 bits per heavy atom. The number of para-hydroxylation sites is 1. The molecular weight excluding hydrogens is 263 g/mol. The second kappa shape index (κ2) is 5.18. The lowest BCUT2D eigenvalue weighted by Gasteiger charge is -2.28. The quantitative estimate of drug-likeness (QED) is 0.921. The Bertz CT molecular complexity index is 441. The number of anilines is 1. The molecule has 2 rings (SSSR count). The topological polar surface area (TPSA) is 47.6 Å². The summed E-state index contributed by atoms with van der Waals surface area (Å²) < 4.78 is 47.9.